The van der Waals surface area contributed by atoms with Crippen molar-refractivity contribution in [1.29, 1.82) is 0 Å². The van der Waals surface area contributed by atoms with Gasteiger partial charge in [-0.15, -0.1) is 5.10 Å². The largest absolute Gasteiger partial charge is 0.475 e. The van der Waals surface area contributed by atoms with Crippen LogP contribution in [0.15, 0.2) is 18.2 Å². The maximum absolute atomic E-state index is 13.4. The first kappa shape index (κ1) is 9.92. The third-order valence-corrected chi connectivity index (χ3v) is 2.14. The molecule has 0 bridgehead atoms. The van der Waals surface area contributed by atoms with E-state index in [-0.39, 0.29) is 5.82 Å². The van der Waals surface area contributed by atoms with Crippen LogP contribution in [0.3, 0.4) is 0 Å². The molecule has 2 aromatic rings. The number of nitrogens with zero attached hydrogens (tertiary/aromatic N) is 2. The molecule has 15 heavy (non-hydrogen) atoms. The minimum absolute atomic E-state index is 0.301. The summed E-state index contributed by atoms with van der Waals surface area (Å²) in [6.45, 7) is 0.788. The fraction of sp³-hybridized carbons (Fsp3) is 0.300. The molecule has 0 saturated heterocycles. The number of hydrogen-bond acceptors (Lipinski definition) is 3. The van der Waals surface area contributed by atoms with Gasteiger partial charge in [-0.05, 0) is 12.1 Å². The predicted octanol–water partition coefficient (Wildman–Crippen LogP) is 1.05. The van der Waals surface area contributed by atoms with E-state index in [1.165, 1.54) is 10.7 Å². The summed E-state index contributed by atoms with van der Waals surface area (Å²) in [5.74, 6) is 0.127. The molecule has 0 aliphatic heterocycles. The van der Waals surface area contributed by atoms with Crippen LogP contribution in [-0.4, -0.2) is 22.9 Å². The van der Waals surface area contributed by atoms with Crippen molar-refractivity contribution >= 4 is 10.9 Å². The van der Waals surface area contributed by atoms with Gasteiger partial charge in [0, 0.05) is 13.6 Å². The van der Waals surface area contributed by atoms with E-state index < -0.39 is 0 Å². The monoisotopic (exact) mass is 209 g/mol. The lowest BCUT2D eigenvalue weighted by Gasteiger charge is -1.99. The van der Waals surface area contributed by atoms with Crippen LogP contribution in [0.2, 0.25) is 0 Å². The number of ether oxygens (including phenoxy) is 1. The van der Waals surface area contributed by atoms with Gasteiger partial charge in [0.2, 0.25) is 5.88 Å². The van der Waals surface area contributed by atoms with Crippen LogP contribution in [0.4, 0.5) is 4.39 Å². The number of aromatic nitrogens is 2. The fourth-order valence-corrected chi connectivity index (χ4v) is 1.52. The molecule has 2 N–H and O–H groups in total. The standard InChI is InChI=1S/C10H12FN3O/c1-14-9-7(3-2-4-8(9)11)10(13-14)15-6-5-12/h2-4H,5-6,12H2,1H3. The molecule has 1 heterocycles. The Morgan fingerprint density at radius 3 is 3.07 bits per heavy atom. The summed E-state index contributed by atoms with van der Waals surface area (Å²) in [6, 6.07) is 4.81. The quantitative estimate of drug-likeness (QED) is 0.822. The maximum Gasteiger partial charge on any atom is 0.240 e. The lowest BCUT2D eigenvalue weighted by atomic mass is 10.2. The molecule has 2 rings (SSSR count). The fourth-order valence-electron chi connectivity index (χ4n) is 1.52. The van der Waals surface area contributed by atoms with Crippen LogP contribution in [0.5, 0.6) is 5.88 Å². The Morgan fingerprint density at radius 2 is 2.33 bits per heavy atom. The van der Waals surface area contributed by atoms with Crippen molar-refractivity contribution in [2.75, 3.05) is 13.2 Å². The van der Waals surface area contributed by atoms with Gasteiger partial charge in [-0.25, -0.2) is 4.39 Å². The van der Waals surface area contributed by atoms with E-state index in [0.29, 0.717) is 29.9 Å². The Labute approximate surface area is 86.4 Å². The van der Waals surface area contributed by atoms with Crippen LogP contribution in [0, 0.1) is 5.82 Å². The summed E-state index contributed by atoms with van der Waals surface area (Å²) in [6.07, 6.45) is 0. The van der Waals surface area contributed by atoms with Gasteiger partial charge in [0.1, 0.15) is 17.9 Å². The minimum atomic E-state index is -0.301. The summed E-state index contributed by atoms with van der Waals surface area (Å²) in [5, 5.41) is 4.76. The number of fused-ring (bicyclic) bond motifs is 1. The summed E-state index contributed by atoms with van der Waals surface area (Å²) in [4.78, 5) is 0. The van der Waals surface area contributed by atoms with Gasteiger partial charge in [0.15, 0.2) is 0 Å². The summed E-state index contributed by atoms with van der Waals surface area (Å²) in [5.41, 5.74) is 5.77. The second-order valence-electron chi connectivity index (χ2n) is 3.20. The zero-order valence-corrected chi connectivity index (χ0v) is 8.40. The van der Waals surface area contributed by atoms with Crippen LogP contribution < -0.4 is 10.5 Å². The van der Waals surface area contributed by atoms with Gasteiger partial charge in [0.05, 0.1) is 5.39 Å². The first-order valence-electron chi connectivity index (χ1n) is 4.68. The Hall–Kier alpha value is -1.62. The van der Waals surface area contributed by atoms with Gasteiger partial charge >= 0.3 is 0 Å². The Kier molecular flexibility index (Phi) is 2.55. The second kappa shape index (κ2) is 3.86. The van der Waals surface area contributed by atoms with E-state index in [1.54, 1.807) is 19.2 Å². The van der Waals surface area contributed by atoms with Crippen molar-refractivity contribution in [3.05, 3.63) is 24.0 Å². The highest BCUT2D eigenvalue weighted by Crippen LogP contribution is 2.25. The number of aryl methyl sites for hydroxylation is 1. The highest BCUT2D eigenvalue weighted by molar-refractivity contribution is 5.84. The van der Waals surface area contributed by atoms with Crippen molar-refractivity contribution in [3.8, 4) is 5.88 Å². The zero-order valence-electron chi connectivity index (χ0n) is 8.40. The lowest BCUT2D eigenvalue weighted by Crippen LogP contribution is -2.11. The third kappa shape index (κ3) is 1.66. The van der Waals surface area contributed by atoms with Crippen molar-refractivity contribution in [3.63, 3.8) is 0 Å². The van der Waals surface area contributed by atoms with Crippen LogP contribution in [0.1, 0.15) is 0 Å². The Bertz CT molecular complexity index is 481. The van der Waals surface area contributed by atoms with Crippen molar-refractivity contribution in [2.45, 2.75) is 0 Å². The molecule has 0 saturated carbocycles. The van der Waals surface area contributed by atoms with E-state index in [2.05, 4.69) is 5.10 Å². The molecular weight excluding hydrogens is 197 g/mol. The molecule has 1 aromatic carbocycles. The predicted molar refractivity (Wildman–Crippen MR) is 55.2 cm³/mol. The molecule has 0 unspecified atom stereocenters. The van der Waals surface area contributed by atoms with Crippen molar-refractivity contribution in [1.82, 2.24) is 9.78 Å². The SMILES string of the molecule is Cn1nc(OCCN)c2cccc(F)c21. The number of halogens is 1. The topological polar surface area (TPSA) is 53.1 Å². The van der Waals surface area contributed by atoms with Gasteiger partial charge in [-0.1, -0.05) is 6.07 Å². The maximum atomic E-state index is 13.4. The highest BCUT2D eigenvalue weighted by atomic mass is 19.1. The number of benzene rings is 1. The highest BCUT2D eigenvalue weighted by Gasteiger charge is 2.12. The van der Waals surface area contributed by atoms with Gasteiger partial charge < -0.3 is 10.5 Å². The molecule has 0 amide bonds. The number of rotatable bonds is 3. The van der Waals surface area contributed by atoms with E-state index in [4.69, 9.17) is 10.5 Å². The average molecular weight is 209 g/mol. The molecule has 0 aliphatic carbocycles. The normalized spacial score (nSPS) is 10.9. The molecule has 0 spiro atoms. The first-order valence-corrected chi connectivity index (χ1v) is 4.68. The minimum Gasteiger partial charge on any atom is -0.475 e. The van der Waals surface area contributed by atoms with Crippen LogP contribution in [0.25, 0.3) is 10.9 Å². The smallest absolute Gasteiger partial charge is 0.240 e. The number of nitrogens with two attached hydrogens (primary N) is 1. The Morgan fingerprint density at radius 1 is 1.53 bits per heavy atom. The molecule has 0 radical (unpaired) electrons. The molecule has 0 atom stereocenters. The first-order chi connectivity index (χ1) is 7.24. The van der Waals surface area contributed by atoms with E-state index in [1.807, 2.05) is 0 Å². The molecule has 1 aromatic heterocycles. The Balaban J connectivity index is 2.53. The van der Waals surface area contributed by atoms with Crippen molar-refractivity contribution in [2.24, 2.45) is 12.8 Å². The van der Waals surface area contributed by atoms with Gasteiger partial charge in [0.25, 0.3) is 0 Å². The molecule has 5 heteroatoms. The molecule has 80 valence electrons. The number of hydrogen-bond donors (Lipinski definition) is 1. The molecule has 0 aliphatic rings. The molecule has 0 fully saturated rings. The average Bonchev–Trinajstić information content (AvgIpc) is 2.54. The van der Waals surface area contributed by atoms with Gasteiger partial charge in [-0.3, -0.25) is 4.68 Å². The van der Waals surface area contributed by atoms with E-state index in [9.17, 15) is 4.39 Å². The van der Waals surface area contributed by atoms with E-state index in [0.717, 1.165) is 0 Å². The summed E-state index contributed by atoms with van der Waals surface area (Å²) >= 11 is 0. The number of para-hydroxylation sites is 1. The van der Waals surface area contributed by atoms with Crippen LogP contribution >= 0.6 is 0 Å². The van der Waals surface area contributed by atoms with E-state index >= 15 is 0 Å². The molecular formula is C10H12FN3O. The second-order valence-corrected chi connectivity index (χ2v) is 3.20. The lowest BCUT2D eigenvalue weighted by molar-refractivity contribution is 0.315. The van der Waals surface area contributed by atoms with Crippen LogP contribution in [-0.2, 0) is 7.05 Å². The van der Waals surface area contributed by atoms with Crippen molar-refractivity contribution < 1.29 is 9.13 Å². The van der Waals surface area contributed by atoms with Gasteiger partial charge in [-0.2, -0.15) is 0 Å². The summed E-state index contributed by atoms with van der Waals surface area (Å²) in [7, 11) is 1.68. The molecule has 4 nitrogen and oxygen atoms in total. The zero-order chi connectivity index (χ0) is 10.8. The summed E-state index contributed by atoms with van der Waals surface area (Å²) < 4.78 is 20.2. The third-order valence-electron chi connectivity index (χ3n) is 2.14.